The van der Waals surface area contributed by atoms with Crippen LogP contribution in [0.2, 0.25) is 0 Å². The highest BCUT2D eigenvalue weighted by Gasteiger charge is 2.35. The Morgan fingerprint density at radius 1 is 1.17 bits per heavy atom. The van der Waals surface area contributed by atoms with E-state index >= 15 is 0 Å². The van der Waals surface area contributed by atoms with Gasteiger partial charge in [-0.1, -0.05) is 13.2 Å². The maximum atomic E-state index is 5.54. The molecule has 1 rings (SSSR count). The second-order valence-corrected chi connectivity index (χ2v) is 4.46. The van der Waals surface area contributed by atoms with Gasteiger partial charge in [0.2, 0.25) is 0 Å². The van der Waals surface area contributed by atoms with Crippen molar-refractivity contribution in [1.29, 1.82) is 0 Å². The Kier molecular flexibility index (Phi) is 6.83. The van der Waals surface area contributed by atoms with Gasteiger partial charge in [-0.15, -0.1) is 0 Å². The van der Waals surface area contributed by atoms with E-state index in [0.29, 0.717) is 12.5 Å². The Balaban J connectivity index is 2.56. The van der Waals surface area contributed by atoms with Crippen molar-refractivity contribution in [1.82, 2.24) is 0 Å². The van der Waals surface area contributed by atoms with Gasteiger partial charge in [0, 0.05) is 14.2 Å². The highest BCUT2D eigenvalue weighted by molar-refractivity contribution is 4.86. The number of ether oxygens (including phenoxy) is 4. The maximum Gasteiger partial charge on any atom is 0.124 e. The summed E-state index contributed by atoms with van der Waals surface area (Å²) in [6.07, 6.45) is 6.10. The third-order valence-corrected chi connectivity index (χ3v) is 3.55. The lowest BCUT2D eigenvalue weighted by atomic mass is 9.82. The minimum Gasteiger partial charge on any atom is -0.499 e. The summed E-state index contributed by atoms with van der Waals surface area (Å²) >= 11 is 0. The summed E-state index contributed by atoms with van der Waals surface area (Å²) in [5.74, 6) is 0.409. The van der Waals surface area contributed by atoms with Gasteiger partial charge < -0.3 is 18.9 Å². The largest absolute Gasteiger partial charge is 0.499 e. The van der Waals surface area contributed by atoms with E-state index in [2.05, 4.69) is 13.2 Å². The molecule has 0 heterocycles. The van der Waals surface area contributed by atoms with Crippen molar-refractivity contribution < 1.29 is 18.9 Å². The Bertz CT molecular complexity index is 254. The summed E-state index contributed by atoms with van der Waals surface area (Å²) in [7, 11) is 3.43. The summed E-state index contributed by atoms with van der Waals surface area (Å²) < 4.78 is 21.7. The van der Waals surface area contributed by atoms with Gasteiger partial charge in [-0.2, -0.15) is 0 Å². The second kappa shape index (κ2) is 8.16. The van der Waals surface area contributed by atoms with E-state index in [4.69, 9.17) is 18.9 Å². The van der Waals surface area contributed by atoms with Crippen LogP contribution in [0.3, 0.4) is 0 Å². The average molecular weight is 256 g/mol. The van der Waals surface area contributed by atoms with Crippen molar-refractivity contribution in [2.75, 3.05) is 20.8 Å². The second-order valence-electron chi connectivity index (χ2n) is 4.46. The first-order valence-electron chi connectivity index (χ1n) is 6.31. The summed E-state index contributed by atoms with van der Waals surface area (Å²) in [6.45, 7) is 7.69. The first kappa shape index (κ1) is 15.1. The van der Waals surface area contributed by atoms with Gasteiger partial charge in [-0.05, 0) is 25.2 Å². The van der Waals surface area contributed by atoms with Gasteiger partial charge in [-0.25, -0.2) is 0 Å². The molecule has 0 aromatic rings. The van der Waals surface area contributed by atoms with Crippen LogP contribution in [0.25, 0.3) is 0 Å². The van der Waals surface area contributed by atoms with Gasteiger partial charge in [0.1, 0.15) is 12.7 Å². The van der Waals surface area contributed by atoms with Crippen molar-refractivity contribution in [3.8, 4) is 0 Å². The number of rotatable bonds is 8. The van der Waals surface area contributed by atoms with Crippen LogP contribution in [0, 0.1) is 5.92 Å². The lowest BCUT2D eigenvalue weighted by Gasteiger charge is -2.37. The Morgan fingerprint density at radius 3 is 2.50 bits per heavy atom. The van der Waals surface area contributed by atoms with Crippen molar-refractivity contribution >= 4 is 0 Å². The first-order chi connectivity index (χ1) is 8.76. The molecule has 104 valence electrons. The SMILES string of the molecule is C=COCC(OC)C1CCC(OC)C(OC=C)C1. The molecule has 0 N–H and O–H groups in total. The van der Waals surface area contributed by atoms with Gasteiger partial charge in [0.25, 0.3) is 0 Å². The van der Waals surface area contributed by atoms with E-state index in [0.717, 1.165) is 19.3 Å². The van der Waals surface area contributed by atoms with Crippen LogP contribution in [0.5, 0.6) is 0 Å². The first-order valence-corrected chi connectivity index (χ1v) is 6.31. The van der Waals surface area contributed by atoms with Crippen LogP contribution in [0.4, 0.5) is 0 Å². The Hall–Kier alpha value is -1.00. The van der Waals surface area contributed by atoms with E-state index in [1.807, 2.05) is 0 Å². The maximum absolute atomic E-state index is 5.54. The number of hydrogen-bond acceptors (Lipinski definition) is 4. The molecule has 0 aromatic heterocycles. The molecule has 0 aliphatic heterocycles. The molecule has 1 aliphatic carbocycles. The van der Waals surface area contributed by atoms with E-state index in [9.17, 15) is 0 Å². The lowest BCUT2D eigenvalue weighted by Crippen LogP contribution is -2.41. The van der Waals surface area contributed by atoms with Crippen molar-refractivity contribution in [2.24, 2.45) is 5.92 Å². The fourth-order valence-corrected chi connectivity index (χ4v) is 2.57. The van der Waals surface area contributed by atoms with Gasteiger partial charge in [-0.3, -0.25) is 0 Å². The van der Waals surface area contributed by atoms with Gasteiger partial charge in [0.15, 0.2) is 0 Å². The highest BCUT2D eigenvalue weighted by atomic mass is 16.5. The van der Waals surface area contributed by atoms with Gasteiger partial charge >= 0.3 is 0 Å². The molecule has 0 bridgehead atoms. The Morgan fingerprint density at radius 2 is 1.94 bits per heavy atom. The Labute approximate surface area is 110 Å². The summed E-state index contributed by atoms with van der Waals surface area (Å²) in [6, 6.07) is 0. The highest BCUT2D eigenvalue weighted by Crippen LogP contribution is 2.31. The van der Waals surface area contributed by atoms with E-state index < -0.39 is 0 Å². The quantitative estimate of drug-likeness (QED) is 0.625. The molecule has 18 heavy (non-hydrogen) atoms. The minimum absolute atomic E-state index is 0.0487. The molecular weight excluding hydrogens is 232 g/mol. The standard InChI is InChI=1S/C14H24O4/c1-5-17-10-14(16-4)11-7-8-12(15-3)13(9-11)18-6-2/h5-6,11-14H,1-2,7-10H2,3-4H3. The topological polar surface area (TPSA) is 36.9 Å². The third kappa shape index (κ3) is 4.03. The van der Waals surface area contributed by atoms with E-state index in [-0.39, 0.29) is 18.3 Å². The molecular formula is C14H24O4. The molecule has 1 saturated carbocycles. The summed E-state index contributed by atoms with van der Waals surface area (Å²) in [5, 5.41) is 0. The van der Waals surface area contributed by atoms with Crippen LogP contribution in [0.15, 0.2) is 25.7 Å². The van der Waals surface area contributed by atoms with Crippen LogP contribution < -0.4 is 0 Å². The van der Waals surface area contributed by atoms with Crippen LogP contribution in [-0.4, -0.2) is 39.1 Å². The fourth-order valence-electron chi connectivity index (χ4n) is 2.57. The van der Waals surface area contributed by atoms with Crippen LogP contribution >= 0.6 is 0 Å². The fraction of sp³-hybridized carbons (Fsp3) is 0.714. The molecule has 1 fully saturated rings. The molecule has 1 aliphatic rings. The third-order valence-electron chi connectivity index (χ3n) is 3.55. The minimum atomic E-state index is 0.0487. The van der Waals surface area contributed by atoms with Gasteiger partial charge in [0.05, 0.1) is 24.7 Å². The molecule has 0 saturated heterocycles. The van der Waals surface area contributed by atoms with Crippen molar-refractivity contribution in [3.63, 3.8) is 0 Å². The molecule has 4 unspecified atom stereocenters. The predicted molar refractivity (Wildman–Crippen MR) is 70.2 cm³/mol. The average Bonchev–Trinajstić information content (AvgIpc) is 2.40. The predicted octanol–water partition coefficient (Wildman–Crippen LogP) is 2.51. The van der Waals surface area contributed by atoms with Crippen LogP contribution in [0.1, 0.15) is 19.3 Å². The lowest BCUT2D eigenvalue weighted by molar-refractivity contribution is -0.0871. The summed E-state index contributed by atoms with van der Waals surface area (Å²) in [5.41, 5.74) is 0. The smallest absolute Gasteiger partial charge is 0.124 e. The molecule has 0 spiro atoms. The van der Waals surface area contributed by atoms with Crippen molar-refractivity contribution in [3.05, 3.63) is 25.7 Å². The molecule has 0 radical (unpaired) electrons. The van der Waals surface area contributed by atoms with E-state index in [1.165, 1.54) is 12.5 Å². The molecule has 0 aromatic carbocycles. The zero-order valence-electron chi connectivity index (χ0n) is 11.3. The van der Waals surface area contributed by atoms with E-state index in [1.54, 1.807) is 14.2 Å². The van der Waals surface area contributed by atoms with Crippen molar-refractivity contribution in [2.45, 2.75) is 37.6 Å². The summed E-state index contributed by atoms with van der Waals surface area (Å²) in [4.78, 5) is 0. The molecule has 4 heteroatoms. The van der Waals surface area contributed by atoms with Crippen LogP contribution in [-0.2, 0) is 18.9 Å². The number of methoxy groups -OCH3 is 2. The number of hydrogen-bond donors (Lipinski definition) is 0. The molecule has 4 nitrogen and oxygen atoms in total. The zero-order valence-corrected chi connectivity index (χ0v) is 11.3. The molecule has 0 amide bonds. The molecule has 4 atom stereocenters. The monoisotopic (exact) mass is 256 g/mol. The zero-order chi connectivity index (χ0) is 13.4. The normalized spacial score (nSPS) is 29.3.